The van der Waals surface area contributed by atoms with Gasteiger partial charge in [0.1, 0.15) is 11.6 Å². The zero-order valence-corrected chi connectivity index (χ0v) is 8.68. The van der Waals surface area contributed by atoms with Crippen LogP contribution in [0.1, 0.15) is 5.56 Å². The predicted molar refractivity (Wildman–Crippen MR) is 53.5 cm³/mol. The summed E-state index contributed by atoms with van der Waals surface area (Å²) < 4.78 is 48.8. The Morgan fingerprint density at radius 1 is 1.33 bits per heavy atom. The SMILES string of the molecule is CS(=O)(=O)N/C=C(/F)c1ccc(F)cc1. The molecule has 0 saturated heterocycles. The maximum atomic E-state index is 13.2. The van der Waals surface area contributed by atoms with Gasteiger partial charge in [0, 0.05) is 11.8 Å². The molecule has 1 aromatic carbocycles. The van der Waals surface area contributed by atoms with Gasteiger partial charge >= 0.3 is 0 Å². The van der Waals surface area contributed by atoms with Crippen LogP contribution in [0.15, 0.2) is 30.5 Å². The van der Waals surface area contributed by atoms with E-state index in [2.05, 4.69) is 0 Å². The molecular formula is C9H9F2NO2S. The molecule has 0 unspecified atom stereocenters. The fourth-order valence-electron chi connectivity index (χ4n) is 0.851. The second-order valence-corrected chi connectivity index (χ2v) is 4.67. The van der Waals surface area contributed by atoms with Crippen molar-refractivity contribution < 1.29 is 17.2 Å². The second-order valence-electron chi connectivity index (χ2n) is 2.89. The van der Waals surface area contributed by atoms with Crippen molar-refractivity contribution in [3.05, 3.63) is 41.8 Å². The third-order valence-electron chi connectivity index (χ3n) is 1.52. The highest BCUT2D eigenvalue weighted by molar-refractivity contribution is 7.88. The maximum absolute atomic E-state index is 13.2. The van der Waals surface area contributed by atoms with E-state index in [0.717, 1.165) is 18.4 Å². The molecule has 0 bridgehead atoms. The minimum Gasteiger partial charge on any atom is -0.288 e. The van der Waals surface area contributed by atoms with Crippen molar-refractivity contribution in [3.8, 4) is 0 Å². The predicted octanol–water partition coefficient (Wildman–Crippen LogP) is 1.64. The first-order chi connectivity index (χ1) is 6.88. The van der Waals surface area contributed by atoms with Crippen LogP contribution in [0.25, 0.3) is 5.83 Å². The average Bonchev–Trinajstić information content (AvgIpc) is 2.14. The van der Waals surface area contributed by atoms with Crippen LogP contribution in [0, 0.1) is 5.82 Å². The Balaban J connectivity index is 2.85. The smallest absolute Gasteiger partial charge is 0.229 e. The van der Waals surface area contributed by atoms with Crippen molar-refractivity contribution in [1.82, 2.24) is 4.72 Å². The Morgan fingerprint density at radius 2 is 1.87 bits per heavy atom. The normalized spacial score (nSPS) is 12.6. The Labute approximate surface area is 86.5 Å². The molecule has 0 spiro atoms. The lowest BCUT2D eigenvalue weighted by Crippen LogP contribution is -2.15. The Hall–Kier alpha value is -1.43. The van der Waals surface area contributed by atoms with E-state index in [9.17, 15) is 17.2 Å². The van der Waals surface area contributed by atoms with Crippen molar-refractivity contribution in [2.75, 3.05) is 6.26 Å². The molecule has 1 rings (SSSR count). The fourth-order valence-corrected chi connectivity index (χ4v) is 1.17. The summed E-state index contributed by atoms with van der Waals surface area (Å²) >= 11 is 0. The summed E-state index contributed by atoms with van der Waals surface area (Å²) in [5.41, 5.74) is 0.104. The first kappa shape index (κ1) is 11.6. The minimum absolute atomic E-state index is 0.104. The molecule has 0 fully saturated rings. The summed E-state index contributed by atoms with van der Waals surface area (Å²) in [4.78, 5) is 0. The third kappa shape index (κ3) is 4.07. The first-order valence-electron chi connectivity index (χ1n) is 3.97. The van der Waals surface area contributed by atoms with Gasteiger partial charge in [-0.05, 0) is 24.3 Å². The van der Waals surface area contributed by atoms with Gasteiger partial charge in [-0.3, -0.25) is 4.72 Å². The molecule has 0 heterocycles. The molecule has 0 atom stereocenters. The highest BCUT2D eigenvalue weighted by atomic mass is 32.2. The highest BCUT2D eigenvalue weighted by Gasteiger charge is 2.02. The van der Waals surface area contributed by atoms with Crippen LogP contribution in [-0.2, 0) is 10.0 Å². The monoisotopic (exact) mass is 233 g/mol. The van der Waals surface area contributed by atoms with Gasteiger partial charge in [-0.25, -0.2) is 17.2 Å². The van der Waals surface area contributed by atoms with Gasteiger partial charge in [0.15, 0.2) is 0 Å². The highest BCUT2D eigenvalue weighted by Crippen LogP contribution is 2.15. The van der Waals surface area contributed by atoms with E-state index in [0.29, 0.717) is 6.20 Å². The maximum Gasteiger partial charge on any atom is 0.229 e. The Bertz CT molecular complexity index is 465. The van der Waals surface area contributed by atoms with Gasteiger partial charge in [-0.15, -0.1) is 0 Å². The Morgan fingerprint density at radius 3 is 2.33 bits per heavy atom. The standard InChI is InChI=1S/C9H9F2NO2S/c1-15(13,14)12-6-9(11)7-2-4-8(10)5-3-7/h2-6,12H,1H3/b9-6+. The van der Waals surface area contributed by atoms with E-state index >= 15 is 0 Å². The van der Waals surface area contributed by atoms with Crippen LogP contribution >= 0.6 is 0 Å². The van der Waals surface area contributed by atoms with Crippen molar-refractivity contribution in [3.63, 3.8) is 0 Å². The van der Waals surface area contributed by atoms with Crippen LogP contribution in [-0.4, -0.2) is 14.7 Å². The first-order valence-corrected chi connectivity index (χ1v) is 5.86. The van der Waals surface area contributed by atoms with Crippen molar-refractivity contribution >= 4 is 15.9 Å². The molecule has 0 aliphatic heterocycles. The van der Waals surface area contributed by atoms with E-state index in [1.54, 1.807) is 0 Å². The number of hydrogen-bond donors (Lipinski definition) is 1. The number of hydrogen-bond acceptors (Lipinski definition) is 2. The van der Waals surface area contributed by atoms with Crippen LogP contribution in [0.2, 0.25) is 0 Å². The number of halogens is 2. The van der Waals surface area contributed by atoms with Gasteiger partial charge in [-0.1, -0.05) is 0 Å². The summed E-state index contributed by atoms with van der Waals surface area (Å²) in [5.74, 6) is -1.26. The average molecular weight is 233 g/mol. The molecule has 6 heteroatoms. The number of nitrogens with one attached hydrogen (secondary N) is 1. The summed E-state index contributed by atoms with van der Waals surface area (Å²) in [6.45, 7) is 0. The van der Waals surface area contributed by atoms with Gasteiger partial charge in [0.25, 0.3) is 0 Å². The third-order valence-corrected chi connectivity index (χ3v) is 2.07. The Kier molecular flexibility index (Phi) is 3.41. The summed E-state index contributed by atoms with van der Waals surface area (Å²) in [7, 11) is -3.48. The van der Waals surface area contributed by atoms with Gasteiger partial charge < -0.3 is 0 Å². The molecule has 3 nitrogen and oxygen atoms in total. The topological polar surface area (TPSA) is 46.2 Å². The number of benzene rings is 1. The van der Waals surface area contributed by atoms with Crippen LogP contribution in [0.4, 0.5) is 8.78 Å². The molecule has 0 aliphatic carbocycles. The van der Waals surface area contributed by atoms with E-state index in [1.165, 1.54) is 12.1 Å². The number of sulfonamides is 1. The molecule has 0 aliphatic rings. The van der Waals surface area contributed by atoms with Crippen molar-refractivity contribution in [2.24, 2.45) is 0 Å². The van der Waals surface area contributed by atoms with E-state index in [-0.39, 0.29) is 5.56 Å². The molecule has 0 radical (unpaired) electrons. The molecule has 0 amide bonds. The molecule has 1 N–H and O–H groups in total. The molecule has 15 heavy (non-hydrogen) atoms. The lowest BCUT2D eigenvalue weighted by Gasteiger charge is -1.99. The molecule has 82 valence electrons. The zero-order valence-electron chi connectivity index (χ0n) is 7.87. The summed E-state index contributed by atoms with van der Waals surface area (Å²) in [5, 5.41) is 0. The lowest BCUT2D eigenvalue weighted by molar-refractivity contribution is 0.596. The zero-order chi connectivity index (χ0) is 11.5. The van der Waals surface area contributed by atoms with Gasteiger partial charge in [-0.2, -0.15) is 0 Å². The van der Waals surface area contributed by atoms with Gasteiger partial charge in [0.05, 0.1) is 6.26 Å². The number of rotatable bonds is 3. The summed E-state index contributed by atoms with van der Waals surface area (Å²) in [6.07, 6.45) is 1.62. The van der Waals surface area contributed by atoms with Crippen LogP contribution < -0.4 is 4.72 Å². The lowest BCUT2D eigenvalue weighted by atomic mass is 10.2. The molecule has 1 aromatic rings. The molecule has 0 saturated carbocycles. The van der Waals surface area contributed by atoms with E-state index in [4.69, 9.17) is 0 Å². The van der Waals surface area contributed by atoms with Crippen molar-refractivity contribution in [2.45, 2.75) is 0 Å². The second kappa shape index (κ2) is 4.39. The molecular weight excluding hydrogens is 224 g/mol. The fraction of sp³-hybridized carbons (Fsp3) is 0.111. The van der Waals surface area contributed by atoms with Crippen LogP contribution in [0.3, 0.4) is 0 Å². The van der Waals surface area contributed by atoms with E-state index < -0.39 is 21.7 Å². The largest absolute Gasteiger partial charge is 0.288 e. The van der Waals surface area contributed by atoms with Crippen molar-refractivity contribution in [1.29, 1.82) is 0 Å². The minimum atomic E-state index is -3.48. The van der Waals surface area contributed by atoms with E-state index in [1.807, 2.05) is 4.72 Å². The van der Waals surface area contributed by atoms with Crippen LogP contribution in [0.5, 0.6) is 0 Å². The van der Waals surface area contributed by atoms with Gasteiger partial charge in [0.2, 0.25) is 10.0 Å². The summed E-state index contributed by atoms with van der Waals surface area (Å²) in [6, 6.07) is 4.60. The quantitative estimate of drug-likeness (QED) is 0.862. The molecule has 0 aromatic heterocycles.